The smallest absolute Gasteiger partial charge is 0.372 e. The van der Waals surface area contributed by atoms with Crippen LogP contribution in [0.1, 0.15) is 40.7 Å². The number of pyridine rings is 2. The molecule has 198 valence electrons. The van der Waals surface area contributed by atoms with Crippen molar-refractivity contribution in [3.05, 3.63) is 83.3 Å². The molecule has 6 rings (SSSR count). The second-order valence-electron chi connectivity index (χ2n) is 8.69. The largest absolute Gasteiger partial charge is 0.434 e. The molecule has 1 amide bonds. The van der Waals surface area contributed by atoms with Gasteiger partial charge in [0.2, 0.25) is 0 Å². The van der Waals surface area contributed by atoms with E-state index in [1.54, 1.807) is 24.3 Å². The Labute approximate surface area is 223 Å². The number of hydrogen-bond donors (Lipinski definition) is 1. The van der Waals surface area contributed by atoms with E-state index in [4.69, 9.17) is 16.3 Å². The molecule has 1 aliphatic heterocycles. The van der Waals surface area contributed by atoms with Gasteiger partial charge in [0.1, 0.15) is 6.10 Å². The van der Waals surface area contributed by atoms with Crippen molar-refractivity contribution < 1.29 is 22.7 Å². The average molecular weight is 555 g/mol. The molecule has 1 fully saturated rings. The Kier molecular flexibility index (Phi) is 6.23. The molecule has 1 N–H and O–H groups in total. The molecular weight excluding hydrogens is 537 g/mol. The van der Waals surface area contributed by atoms with Crippen LogP contribution in [0.25, 0.3) is 22.3 Å². The number of aromatic nitrogens is 7. The molecule has 1 aromatic carbocycles. The molecule has 4 aromatic heterocycles. The van der Waals surface area contributed by atoms with Crippen molar-refractivity contribution in [2.45, 2.75) is 25.1 Å². The Bertz CT molecular complexity index is 1680. The fourth-order valence-corrected chi connectivity index (χ4v) is 4.80. The normalized spacial score (nSPS) is 15.6. The number of carbonyl (C=O) groups is 1. The molecule has 0 bridgehead atoms. The van der Waals surface area contributed by atoms with Gasteiger partial charge in [-0.05, 0) is 18.9 Å². The predicted molar refractivity (Wildman–Crippen MR) is 134 cm³/mol. The standard InChI is InChI=1S/C25H18ClF3N8O2/c26-18-10-14(11-31-23(18)37-32-7-8-33-37)35-24(38)17-12-34-36(22(17)25(27,28)29)19-13-30-21(20-6-3-9-39-20)16-5-2-1-4-15(16)19/h1-2,4-5,7-8,10-13,20H,3,6,9H2,(H,35,38). The van der Waals surface area contributed by atoms with Gasteiger partial charge in [0.15, 0.2) is 11.5 Å². The van der Waals surface area contributed by atoms with Gasteiger partial charge in [-0.25, -0.2) is 9.67 Å². The van der Waals surface area contributed by atoms with Crippen molar-refractivity contribution in [2.24, 2.45) is 0 Å². The number of halogens is 4. The van der Waals surface area contributed by atoms with Crippen molar-refractivity contribution >= 4 is 34.0 Å². The van der Waals surface area contributed by atoms with Gasteiger partial charge < -0.3 is 10.1 Å². The molecule has 5 heterocycles. The van der Waals surface area contributed by atoms with Crippen LogP contribution in [0.4, 0.5) is 18.9 Å². The lowest BCUT2D eigenvalue weighted by Crippen LogP contribution is -2.21. The molecule has 0 radical (unpaired) electrons. The number of carbonyl (C=O) groups excluding carboxylic acids is 1. The molecule has 39 heavy (non-hydrogen) atoms. The lowest BCUT2D eigenvalue weighted by molar-refractivity contribution is -0.143. The number of nitrogens with zero attached hydrogens (tertiary/aromatic N) is 7. The summed E-state index contributed by atoms with van der Waals surface area (Å²) in [6, 6.07) is 8.31. The highest BCUT2D eigenvalue weighted by Gasteiger charge is 2.41. The number of nitrogens with one attached hydrogen (secondary N) is 1. The number of fused-ring (bicyclic) bond motifs is 1. The van der Waals surface area contributed by atoms with Gasteiger partial charge in [0, 0.05) is 17.4 Å². The van der Waals surface area contributed by atoms with Crippen molar-refractivity contribution in [1.29, 1.82) is 0 Å². The van der Waals surface area contributed by atoms with Crippen LogP contribution in [0, 0.1) is 0 Å². The SMILES string of the molecule is O=C(Nc1cnc(-n2nccn2)c(Cl)c1)c1cnn(-c2cnc(C3CCCO3)c3ccccc23)c1C(F)(F)F. The molecule has 10 nitrogen and oxygen atoms in total. The number of benzene rings is 1. The molecule has 1 saturated heterocycles. The molecule has 0 spiro atoms. The lowest BCUT2D eigenvalue weighted by Gasteiger charge is -2.17. The Hall–Kier alpha value is -4.36. The van der Waals surface area contributed by atoms with Gasteiger partial charge in [-0.3, -0.25) is 9.78 Å². The maximum atomic E-state index is 14.4. The van der Waals surface area contributed by atoms with Crippen molar-refractivity contribution in [2.75, 3.05) is 11.9 Å². The van der Waals surface area contributed by atoms with E-state index in [1.807, 2.05) is 0 Å². The number of ether oxygens (including phenoxy) is 1. The van der Waals surface area contributed by atoms with E-state index < -0.39 is 23.3 Å². The highest BCUT2D eigenvalue weighted by molar-refractivity contribution is 6.32. The van der Waals surface area contributed by atoms with Crippen LogP contribution < -0.4 is 5.32 Å². The summed E-state index contributed by atoms with van der Waals surface area (Å²) < 4.78 is 49.6. The highest BCUT2D eigenvalue weighted by atomic mass is 35.5. The first-order chi connectivity index (χ1) is 18.8. The van der Waals surface area contributed by atoms with Crippen LogP contribution >= 0.6 is 11.6 Å². The van der Waals surface area contributed by atoms with Crippen LogP contribution in [-0.4, -0.2) is 47.3 Å². The van der Waals surface area contributed by atoms with E-state index in [0.29, 0.717) is 27.8 Å². The van der Waals surface area contributed by atoms with E-state index in [2.05, 4.69) is 30.6 Å². The zero-order valence-electron chi connectivity index (χ0n) is 19.9. The highest BCUT2D eigenvalue weighted by Crippen LogP contribution is 2.38. The summed E-state index contributed by atoms with van der Waals surface area (Å²) in [7, 11) is 0. The quantitative estimate of drug-likeness (QED) is 0.319. The summed E-state index contributed by atoms with van der Waals surface area (Å²) in [6.45, 7) is 0.599. The van der Waals surface area contributed by atoms with Crippen LogP contribution in [-0.2, 0) is 10.9 Å². The second-order valence-corrected chi connectivity index (χ2v) is 9.10. The lowest BCUT2D eigenvalue weighted by atomic mass is 10.0. The van der Waals surface area contributed by atoms with Gasteiger partial charge >= 0.3 is 6.18 Å². The molecule has 14 heteroatoms. The van der Waals surface area contributed by atoms with Crippen LogP contribution in [0.2, 0.25) is 5.02 Å². The van der Waals surface area contributed by atoms with Gasteiger partial charge in [0.25, 0.3) is 5.91 Å². The molecule has 0 aliphatic carbocycles. The summed E-state index contributed by atoms with van der Waals surface area (Å²) in [6.07, 6.45) is 2.80. The predicted octanol–water partition coefficient (Wildman–Crippen LogP) is 5.17. The van der Waals surface area contributed by atoms with Crippen molar-refractivity contribution in [3.8, 4) is 11.5 Å². The second kappa shape index (κ2) is 9.75. The number of rotatable bonds is 5. The Morgan fingerprint density at radius 3 is 2.51 bits per heavy atom. The summed E-state index contributed by atoms with van der Waals surface area (Å²) in [5.74, 6) is -0.848. The van der Waals surface area contributed by atoms with Gasteiger partial charge in [-0.15, -0.1) is 4.80 Å². The van der Waals surface area contributed by atoms with Gasteiger partial charge in [-0.1, -0.05) is 35.9 Å². The fourth-order valence-electron chi connectivity index (χ4n) is 4.56. The number of anilines is 1. The minimum absolute atomic E-state index is 0.0785. The van der Waals surface area contributed by atoms with Crippen LogP contribution in [0.15, 0.2) is 61.3 Å². The Morgan fingerprint density at radius 2 is 1.82 bits per heavy atom. The van der Waals surface area contributed by atoms with Crippen LogP contribution in [0.3, 0.4) is 0 Å². The summed E-state index contributed by atoms with van der Waals surface area (Å²) in [5, 5.41) is 15.5. The molecule has 1 atom stereocenters. The summed E-state index contributed by atoms with van der Waals surface area (Å²) in [4.78, 5) is 22.8. The average Bonchev–Trinajstić information content (AvgIpc) is 3.70. The van der Waals surface area contributed by atoms with Crippen molar-refractivity contribution in [1.82, 2.24) is 34.7 Å². The summed E-state index contributed by atoms with van der Waals surface area (Å²) in [5.41, 5.74) is -1.10. The molecule has 0 saturated carbocycles. The fraction of sp³-hybridized carbons (Fsp3) is 0.200. The topological polar surface area (TPSA) is 113 Å². The van der Waals surface area contributed by atoms with Gasteiger partial charge in [-0.2, -0.15) is 28.5 Å². The zero-order valence-corrected chi connectivity index (χ0v) is 20.7. The first-order valence-electron chi connectivity index (χ1n) is 11.8. The molecule has 1 unspecified atom stereocenters. The zero-order chi connectivity index (χ0) is 27.1. The van der Waals surface area contributed by atoms with E-state index in [0.717, 1.165) is 19.0 Å². The van der Waals surface area contributed by atoms with E-state index in [9.17, 15) is 18.0 Å². The molecular formula is C25H18ClF3N8O2. The monoisotopic (exact) mass is 554 g/mol. The minimum atomic E-state index is -4.91. The minimum Gasteiger partial charge on any atom is -0.372 e. The summed E-state index contributed by atoms with van der Waals surface area (Å²) >= 11 is 6.23. The number of hydrogen-bond acceptors (Lipinski definition) is 7. The molecule has 1 aliphatic rings. The Morgan fingerprint density at radius 1 is 1.05 bits per heavy atom. The van der Waals surface area contributed by atoms with E-state index in [-0.39, 0.29) is 28.3 Å². The Balaban J connectivity index is 1.38. The number of alkyl halides is 3. The number of amides is 1. The third-order valence-corrected chi connectivity index (χ3v) is 6.52. The maximum absolute atomic E-state index is 14.4. The maximum Gasteiger partial charge on any atom is 0.434 e. The molecule has 5 aromatic rings. The van der Waals surface area contributed by atoms with E-state index in [1.165, 1.54) is 35.7 Å². The van der Waals surface area contributed by atoms with Crippen LogP contribution in [0.5, 0.6) is 0 Å². The first kappa shape index (κ1) is 24.9. The van der Waals surface area contributed by atoms with Crippen molar-refractivity contribution in [3.63, 3.8) is 0 Å². The van der Waals surface area contributed by atoms with E-state index >= 15 is 0 Å². The van der Waals surface area contributed by atoms with Gasteiger partial charge in [0.05, 0.1) is 58.6 Å². The third kappa shape index (κ3) is 4.59. The first-order valence-corrected chi connectivity index (χ1v) is 12.2. The third-order valence-electron chi connectivity index (χ3n) is 6.24.